The van der Waals surface area contributed by atoms with Crippen molar-refractivity contribution in [3.05, 3.63) is 36.5 Å². The van der Waals surface area contributed by atoms with Crippen LogP contribution in [-0.4, -0.2) is 11.1 Å². The number of rotatable bonds is 7. The molecule has 0 aromatic heterocycles. The maximum absolute atomic E-state index is 10.1. The van der Waals surface area contributed by atoms with Gasteiger partial charge in [-0.1, -0.05) is 56.2 Å². The molecule has 0 radical (unpaired) electrons. The van der Waals surface area contributed by atoms with Crippen molar-refractivity contribution in [2.45, 2.75) is 32.6 Å². The Morgan fingerprint density at radius 1 is 1.20 bits per heavy atom. The summed E-state index contributed by atoms with van der Waals surface area (Å²) in [7, 11) is 0. The maximum Gasteiger partial charge on any atom is 1.00 e. The summed E-state index contributed by atoms with van der Waals surface area (Å²) in [5.41, 5.74) is 0. The Balaban J connectivity index is -0.000000845. The minimum atomic E-state index is -0.798. The maximum atomic E-state index is 10.1. The van der Waals surface area contributed by atoms with Crippen LogP contribution < -0.4 is 18.9 Å². The normalized spacial score (nSPS) is 11.3. The number of unbranched alkanes of at least 4 members (excludes halogenated alkanes) is 2. The standard InChI is InChI=1S/C12H18O2.Li.H/c1-2-3-4-5-6-7-8-9-10-11-12(13)14;;/h5-10H,2-4,11H2,1H3,(H,13,14);;/q;+1;-1. The molecular weight excluding hydrogens is 183 g/mol. The van der Waals surface area contributed by atoms with E-state index < -0.39 is 5.97 Å². The van der Waals surface area contributed by atoms with Crippen molar-refractivity contribution in [3.8, 4) is 0 Å². The fourth-order valence-corrected chi connectivity index (χ4v) is 0.872. The van der Waals surface area contributed by atoms with Crippen molar-refractivity contribution in [1.29, 1.82) is 0 Å². The van der Waals surface area contributed by atoms with Gasteiger partial charge in [0.25, 0.3) is 0 Å². The van der Waals surface area contributed by atoms with Crippen LogP contribution in [0.15, 0.2) is 36.5 Å². The SMILES string of the molecule is CCCCC=CC=CC=CCC(=O)O.[H-].[Li+]. The van der Waals surface area contributed by atoms with Crippen LogP contribution in [0.25, 0.3) is 0 Å². The molecule has 3 heteroatoms. The zero-order chi connectivity index (χ0) is 10.6. The molecule has 80 valence electrons. The van der Waals surface area contributed by atoms with Gasteiger partial charge < -0.3 is 6.53 Å². The third kappa shape index (κ3) is 16.0. The van der Waals surface area contributed by atoms with Crippen LogP contribution in [0.2, 0.25) is 0 Å². The predicted octanol–water partition coefficient (Wildman–Crippen LogP) is 0.436. The Morgan fingerprint density at radius 2 is 1.80 bits per heavy atom. The second kappa shape index (κ2) is 13.3. The molecule has 0 aliphatic heterocycles. The van der Waals surface area contributed by atoms with Gasteiger partial charge in [-0.25, -0.2) is 0 Å². The van der Waals surface area contributed by atoms with Gasteiger partial charge in [0.2, 0.25) is 0 Å². The molecule has 0 heterocycles. The molecule has 0 spiro atoms. The zero-order valence-electron chi connectivity index (χ0n) is 10.6. The van der Waals surface area contributed by atoms with Crippen LogP contribution in [0, 0.1) is 0 Å². The van der Waals surface area contributed by atoms with Crippen molar-refractivity contribution in [2.75, 3.05) is 0 Å². The molecule has 0 unspecified atom stereocenters. The number of allylic oxidation sites excluding steroid dienone is 5. The van der Waals surface area contributed by atoms with Crippen LogP contribution in [0.4, 0.5) is 0 Å². The molecule has 0 aliphatic carbocycles. The van der Waals surface area contributed by atoms with Crippen LogP contribution >= 0.6 is 0 Å². The van der Waals surface area contributed by atoms with Crippen LogP contribution in [0.5, 0.6) is 0 Å². The fraction of sp³-hybridized carbons (Fsp3) is 0.417. The summed E-state index contributed by atoms with van der Waals surface area (Å²) >= 11 is 0. The second-order valence-electron chi connectivity index (χ2n) is 2.98. The summed E-state index contributed by atoms with van der Waals surface area (Å²) in [6.07, 6.45) is 14.9. The monoisotopic (exact) mass is 202 g/mol. The van der Waals surface area contributed by atoms with Gasteiger partial charge in [0.05, 0.1) is 6.42 Å². The van der Waals surface area contributed by atoms with Crippen LogP contribution in [0.1, 0.15) is 34.0 Å². The molecule has 0 amide bonds. The molecular formula is C12H19LiO2. The first-order valence-corrected chi connectivity index (χ1v) is 4.97. The van der Waals surface area contributed by atoms with Gasteiger partial charge in [0.15, 0.2) is 0 Å². The minimum absolute atomic E-state index is 0. The summed E-state index contributed by atoms with van der Waals surface area (Å²) in [4.78, 5) is 10.1. The molecule has 0 fully saturated rings. The van der Waals surface area contributed by atoms with E-state index in [1.807, 2.05) is 18.2 Å². The van der Waals surface area contributed by atoms with E-state index in [0.29, 0.717) is 0 Å². The molecule has 2 nitrogen and oxygen atoms in total. The molecule has 0 saturated carbocycles. The van der Waals surface area contributed by atoms with E-state index in [1.165, 1.54) is 12.8 Å². The third-order valence-electron chi connectivity index (χ3n) is 1.62. The summed E-state index contributed by atoms with van der Waals surface area (Å²) < 4.78 is 0. The van der Waals surface area contributed by atoms with E-state index >= 15 is 0 Å². The first-order valence-electron chi connectivity index (χ1n) is 4.97. The van der Waals surface area contributed by atoms with Crippen molar-refractivity contribution in [3.63, 3.8) is 0 Å². The number of hydrogen-bond donors (Lipinski definition) is 1. The molecule has 1 N–H and O–H groups in total. The average molecular weight is 202 g/mol. The molecule has 0 aromatic carbocycles. The van der Waals surface area contributed by atoms with Crippen molar-refractivity contribution in [2.24, 2.45) is 0 Å². The van der Waals surface area contributed by atoms with Gasteiger partial charge in [-0.05, 0) is 6.42 Å². The molecule has 15 heavy (non-hydrogen) atoms. The van der Waals surface area contributed by atoms with Gasteiger partial charge in [0.1, 0.15) is 0 Å². The third-order valence-corrected chi connectivity index (χ3v) is 1.62. The Bertz CT molecular complexity index is 235. The van der Waals surface area contributed by atoms with Crippen LogP contribution in [-0.2, 0) is 4.79 Å². The second-order valence-corrected chi connectivity index (χ2v) is 2.98. The Hall–Kier alpha value is -0.713. The number of carbonyl (C=O) groups is 1. The van der Waals surface area contributed by atoms with Gasteiger partial charge in [0, 0.05) is 0 Å². The fourth-order valence-electron chi connectivity index (χ4n) is 0.872. The van der Waals surface area contributed by atoms with Gasteiger partial charge in [-0.3, -0.25) is 4.79 Å². The first kappa shape index (κ1) is 16.7. The van der Waals surface area contributed by atoms with Crippen molar-refractivity contribution >= 4 is 5.97 Å². The van der Waals surface area contributed by atoms with Gasteiger partial charge >= 0.3 is 24.8 Å². The summed E-state index contributed by atoms with van der Waals surface area (Å²) in [6.45, 7) is 2.16. The van der Waals surface area contributed by atoms with Crippen molar-refractivity contribution in [1.82, 2.24) is 0 Å². The molecule has 0 aromatic rings. The first-order chi connectivity index (χ1) is 6.77. The van der Waals surface area contributed by atoms with E-state index in [2.05, 4.69) is 13.0 Å². The molecule has 0 aliphatic rings. The molecule has 0 saturated heterocycles. The molecule has 0 atom stereocenters. The number of carboxylic acids is 1. The van der Waals surface area contributed by atoms with Gasteiger partial charge in [-0.2, -0.15) is 0 Å². The molecule has 0 bridgehead atoms. The summed E-state index contributed by atoms with van der Waals surface area (Å²) in [6, 6.07) is 0. The predicted molar refractivity (Wildman–Crippen MR) is 60.3 cm³/mol. The quantitative estimate of drug-likeness (QED) is 0.369. The number of carboxylic acid groups (broad SMARTS) is 1. The number of hydrogen-bond acceptors (Lipinski definition) is 1. The summed E-state index contributed by atoms with van der Waals surface area (Å²) in [5, 5.41) is 8.32. The Labute approximate surface area is 105 Å². The van der Waals surface area contributed by atoms with E-state index in [1.54, 1.807) is 12.2 Å². The van der Waals surface area contributed by atoms with Gasteiger partial charge in [-0.15, -0.1) is 0 Å². The van der Waals surface area contributed by atoms with Crippen molar-refractivity contribution < 1.29 is 30.2 Å². The summed E-state index contributed by atoms with van der Waals surface area (Å²) in [5.74, 6) is -0.798. The topological polar surface area (TPSA) is 37.3 Å². The van der Waals surface area contributed by atoms with E-state index in [9.17, 15) is 4.79 Å². The van der Waals surface area contributed by atoms with E-state index in [4.69, 9.17) is 5.11 Å². The van der Waals surface area contributed by atoms with E-state index in [0.717, 1.165) is 6.42 Å². The minimum Gasteiger partial charge on any atom is -1.00 e. The number of aliphatic carboxylic acids is 1. The Kier molecular flexibility index (Phi) is 14.8. The largest absolute Gasteiger partial charge is 1.00 e. The smallest absolute Gasteiger partial charge is 1.00 e. The molecule has 0 rings (SSSR count). The average Bonchev–Trinajstić information content (AvgIpc) is 2.15. The zero-order valence-corrected chi connectivity index (χ0v) is 9.65. The van der Waals surface area contributed by atoms with E-state index in [-0.39, 0.29) is 26.7 Å². The Morgan fingerprint density at radius 3 is 2.33 bits per heavy atom. The van der Waals surface area contributed by atoms with Crippen LogP contribution in [0.3, 0.4) is 0 Å².